The minimum atomic E-state index is -0.394. The zero-order valence-electron chi connectivity index (χ0n) is 12.0. The van der Waals surface area contributed by atoms with Crippen molar-refractivity contribution in [1.82, 2.24) is 4.90 Å². The van der Waals surface area contributed by atoms with Gasteiger partial charge in [0.25, 0.3) is 0 Å². The zero-order valence-corrected chi connectivity index (χ0v) is 12.7. The number of nitrogens with zero attached hydrogens (tertiary/aromatic N) is 1. The molecule has 1 aromatic carbocycles. The molecule has 2 aliphatic carbocycles. The normalized spacial score (nSPS) is 20.4. The van der Waals surface area contributed by atoms with E-state index in [1.807, 2.05) is 24.3 Å². The van der Waals surface area contributed by atoms with Gasteiger partial charge >= 0.3 is 0 Å². The SMILES string of the molecule is OC(CCN(CC1CC1)CC1CC1)c1cccc(Cl)c1. The second kappa shape index (κ2) is 6.46. The Morgan fingerprint density at radius 1 is 1.15 bits per heavy atom. The first-order valence-corrected chi connectivity index (χ1v) is 8.24. The molecule has 2 fully saturated rings. The van der Waals surface area contributed by atoms with Crippen LogP contribution in [0.5, 0.6) is 0 Å². The number of rotatable bonds is 8. The van der Waals surface area contributed by atoms with Crippen molar-refractivity contribution in [2.45, 2.75) is 38.2 Å². The van der Waals surface area contributed by atoms with Crippen LogP contribution in [0, 0.1) is 11.8 Å². The van der Waals surface area contributed by atoms with Crippen LogP contribution in [0.2, 0.25) is 5.02 Å². The first-order chi connectivity index (χ1) is 9.70. The Hall–Kier alpha value is -0.570. The summed E-state index contributed by atoms with van der Waals surface area (Å²) in [6.45, 7) is 3.47. The summed E-state index contributed by atoms with van der Waals surface area (Å²) in [5, 5.41) is 11.0. The van der Waals surface area contributed by atoms with Gasteiger partial charge in [0.15, 0.2) is 0 Å². The van der Waals surface area contributed by atoms with E-state index in [2.05, 4.69) is 4.90 Å². The fourth-order valence-electron chi connectivity index (χ4n) is 2.77. The van der Waals surface area contributed by atoms with Crippen LogP contribution in [-0.2, 0) is 0 Å². The van der Waals surface area contributed by atoms with E-state index in [4.69, 9.17) is 11.6 Å². The highest BCUT2D eigenvalue weighted by Crippen LogP contribution is 2.34. The summed E-state index contributed by atoms with van der Waals surface area (Å²) < 4.78 is 0. The van der Waals surface area contributed by atoms with E-state index in [0.29, 0.717) is 5.02 Å². The van der Waals surface area contributed by atoms with Crippen molar-refractivity contribution >= 4 is 11.6 Å². The summed E-state index contributed by atoms with van der Waals surface area (Å²) in [7, 11) is 0. The number of aliphatic hydroxyl groups excluding tert-OH is 1. The second-order valence-electron chi connectivity index (χ2n) is 6.51. The molecule has 3 rings (SSSR count). The van der Waals surface area contributed by atoms with Crippen LogP contribution in [0.3, 0.4) is 0 Å². The Balaban J connectivity index is 1.49. The topological polar surface area (TPSA) is 23.5 Å². The molecular weight excluding hydrogens is 270 g/mol. The molecule has 1 N–H and O–H groups in total. The lowest BCUT2D eigenvalue weighted by Gasteiger charge is -2.23. The Morgan fingerprint density at radius 3 is 2.35 bits per heavy atom. The van der Waals surface area contributed by atoms with Crippen LogP contribution in [-0.4, -0.2) is 29.6 Å². The molecule has 0 bridgehead atoms. The molecule has 110 valence electrons. The third kappa shape index (κ3) is 4.47. The molecular formula is C17H24ClNO. The Kier molecular flexibility index (Phi) is 4.65. The molecule has 0 aromatic heterocycles. The smallest absolute Gasteiger partial charge is 0.0802 e. The van der Waals surface area contributed by atoms with Crippen molar-refractivity contribution in [1.29, 1.82) is 0 Å². The number of halogens is 1. The van der Waals surface area contributed by atoms with E-state index in [1.165, 1.54) is 38.8 Å². The lowest BCUT2D eigenvalue weighted by Crippen LogP contribution is -2.30. The molecule has 2 nitrogen and oxygen atoms in total. The van der Waals surface area contributed by atoms with Crippen molar-refractivity contribution in [2.24, 2.45) is 11.8 Å². The number of hydrogen-bond donors (Lipinski definition) is 1. The number of benzene rings is 1. The van der Waals surface area contributed by atoms with Crippen LogP contribution in [0.4, 0.5) is 0 Å². The van der Waals surface area contributed by atoms with Gasteiger partial charge in [0.1, 0.15) is 0 Å². The fraction of sp³-hybridized carbons (Fsp3) is 0.647. The summed E-state index contributed by atoms with van der Waals surface area (Å²) in [6, 6.07) is 7.60. The maximum absolute atomic E-state index is 10.3. The minimum Gasteiger partial charge on any atom is -0.388 e. The predicted molar refractivity (Wildman–Crippen MR) is 82.9 cm³/mol. The molecule has 2 saturated carbocycles. The van der Waals surface area contributed by atoms with Gasteiger partial charge in [-0.05, 0) is 61.6 Å². The van der Waals surface area contributed by atoms with Gasteiger partial charge in [-0.1, -0.05) is 23.7 Å². The minimum absolute atomic E-state index is 0.394. The largest absolute Gasteiger partial charge is 0.388 e. The van der Waals surface area contributed by atoms with Gasteiger partial charge in [-0.15, -0.1) is 0 Å². The molecule has 0 aliphatic heterocycles. The van der Waals surface area contributed by atoms with E-state index in [0.717, 1.165) is 30.4 Å². The summed E-state index contributed by atoms with van der Waals surface area (Å²) in [5.41, 5.74) is 0.940. The lowest BCUT2D eigenvalue weighted by molar-refractivity contribution is 0.138. The Bertz CT molecular complexity index is 428. The first-order valence-electron chi connectivity index (χ1n) is 7.86. The van der Waals surface area contributed by atoms with Crippen LogP contribution < -0.4 is 0 Å². The molecule has 0 heterocycles. The second-order valence-corrected chi connectivity index (χ2v) is 6.94. The van der Waals surface area contributed by atoms with Crippen molar-refractivity contribution in [3.05, 3.63) is 34.9 Å². The Labute approximate surface area is 126 Å². The van der Waals surface area contributed by atoms with E-state index in [-0.39, 0.29) is 0 Å². The molecule has 2 aliphatic rings. The van der Waals surface area contributed by atoms with E-state index >= 15 is 0 Å². The van der Waals surface area contributed by atoms with Crippen LogP contribution in [0.25, 0.3) is 0 Å². The first kappa shape index (κ1) is 14.4. The van der Waals surface area contributed by atoms with Crippen molar-refractivity contribution in [3.8, 4) is 0 Å². The molecule has 1 atom stereocenters. The molecule has 0 spiro atoms. The highest BCUT2D eigenvalue weighted by molar-refractivity contribution is 6.30. The van der Waals surface area contributed by atoms with Gasteiger partial charge in [0, 0.05) is 24.7 Å². The van der Waals surface area contributed by atoms with Gasteiger partial charge in [-0.2, -0.15) is 0 Å². The predicted octanol–water partition coefficient (Wildman–Crippen LogP) is 3.89. The van der Waals surface area contributed by atoms with Crippen LogP contribution in [0.1, 0.15) is 43.8 Å². The van der Waals surface area contributed by atoms with Crippen molar-refractivity contribution in [3.63, 3.8) is 0 Å². The van der Waals surface area contributed by atoms with E-state index in [1.54, 1.807) is 0 Å². The average Bonchev–Trinajstić information content (AvgIpc) is 3.31. The third-order valence-electron chi connectivity index (χ3n) is 4.38. The quantitative estimate of drug-likeness (QED) is 0.786. The summed E-state index contributed by atoms with van der Waals surface area (Å²) in [5.74, 6) is 1.86. The van der Waals surface area contributed by atoms with Gasteiger partial charge in [0.05, 0.1) is 6.10 Å². The average molecular weight is 294 g/mol. The summed E-state index contributed by atoms with van der Waals surface area (Å²) >= 11 is 5.98. The molecule has 0 radical (unpaired) electrons. The zero-order chi connectivity index (χ0) is 13.9. The third-order valence-corrected chi connectivity index (χ3v) is 4.61. The standard InChI is InChI=1S/C17H24ClNO/c18-16-3-1-2-15(10-16)17(20)8-9-19(11-13-4-5-13)12-14-6-7-14/h1-3,10,13-14,17,20H,4-9,11-12H2. The highest BCUT2D eigenvalue weighted by Gasteiger charge is 2.29. The molecule has 0 saturated heterocycles. The van der Waals surface area contributed by atoms with E-state index in [9.17, 15) is 5.11 Å². The van der Waals surface area contributed by atoms with Crippen LogP contribution in [0.15, 0.2) is 24.3 Å². The maximum atomic E-state index is 10.3. The van der Waals surface area contributed by atoms with Gasteiger partial charge in [-0.3, -0.25) is 0 Å². The summed E-state index contributed by atoms with van der Waals surface area (Å²) in [4.78, 5) is 2.57. The lowest BCUT2D eigenvalue weighted by atomic mass is 10.1. The van der Waals surface area contributed by atoms with Crippen LogP contribution >= 0.6 is 11.6 Å². The number of aliphatic hydroxyl groups is 1. The maximum Gasteiger partial charge on any atom is 0.0802 e. The van der Waals surface area contributed by atoms with Gasteiger partial charge < -0.3 is 10.0 Å². The Morgan fingerprint density at radius 2 is 1.80 bits per heavy atom. The van der Waals surface area contributed by atoms with Gasteiger partial charge in [-0.25, -0.2) is 0 Å². The molecule has 3 heteroatoms. The summed E-state index contributed by atoms with van der Waals surface area (Å²) in [6.07, 6.45) is 6.01. The molecule has 1 unspecified atom stereocenters. The monoisotopic (exact) mass is 293 g/mol. The van der Waals surface area contributed by atoms with Crippen molar-refractivity contribution < 1.29 is 5.11 Å². The number of hydrogen-bond acceptors (Lipinski definition) is 2. The van der Waals surface area contributed by atoms with Crippen molar-refractivity contribution in [2.75, 3.05) is 19.6 Å². The fourth-order valence-corrected chi connectivity index (χ4v) is 2.97. The van der Waals surface area contributed by atoms with E-state index < -0.39 is 6.10 Å². The molecule has 1 aromatic rings. The molecule has 0 amide bonds. The highest BCUT2D eigenvalue weighted by atomic mass is 35.5. The molecule has 20 heavy (non-hydrogen) atoms. The van der Waals surface area contributed by atoms with Gasteiger partial charge in [0.2, 0.25) is 0 Å².